The highest BCUT2D eigenvalue weighted by molar-refractivity contribution is 5.75. The van der Waals surface area contributed by atoms with Gasteiger partial charge < -0.3 is 10.4 Å². The highest BCUT2D eigenvalue weighted by Crippen LogP contribution is 2.19. The Hall–Kier alpha value is -1.71. The molecule has 0 aromatic heterocycles. The molecule has 1 aromatic carbocycles. The van der Waals surface area contributed by atoms with Gasteiger partial charge in [-0.3, -0.25) is 4.79 Å². The zero-order valence-electron chi connectivity index (χ0n) is 11.7. The number of rotatable bonds is 6. The van der Waals surface area contributed by atoms with Crippen molar-refractivity contribution in [2.24, 2.45) is 5.92 Å². The third-order valence-corrected chi connectivity index (χ3v) is 3.56. The summed E-state index contributed by atoms with van der Waals surface area (Å²) in [6, 6.07) is 7.22. The maximum atomic E-state index is 10.9. The lowest BCUT2D eigenvalue weighted by Crippen LogP contribution is -2.33. The number of aliphatic hydroxyl groups is 1. The summed E-state index contributed by atoms with van der Waals surface area (Å²) >= 11 is 0. The monoisotopic (exact) mass is 271 g/mol. The predicted octanol–water partition coefficient (Wildman–Crippen LogP) is 2.64. The molecular weight excluding hydrogens is 250 g/mol. The first-order valence-corrected chi connectivity index (χ1v) is 7.00. The largest absolute Gasteiger partial charge is 0.391 e. The number of benzene rings is 1. The van der Waals surface area contributed by atoms with Gasteiger partial charge in [0.25, 0.3) is 0 Å². The second-order valence-corrected chi connectivity index (χ2v) is 5.22. The first-order chi connectivity index (χ1) is 9.70. The van der Waals surface area contributed by atoms with Crippen LogP contribution in [-0.4, -0.2) is 24.0 Å². The molecule has 0 aliphatic heterocycles. The van der Waals surface area contributed by atoms with Gasteiger partial charge in [-0.05, 0) is 30.9 Å². The molecule has 0 amide bonds. The molecule has 3 atom stereocenters. The van der Waals surface area contributed by atoms with Crippen LogP contribution in [0, 0.1) is 5.92 Å². The minimum Gasteiger partial charge on any atom is -0.391 e. The number of aliphatic hydroxyl groups excluding tert-OH is 1. The summed E-state index contributed by atoms with van der Waals surface area (Å²) in [5.74, 6) is 0.454. The van der Waals surface area contributed by atoms with E-state index in [1.54, 1.807) is 13.0 Å². The summed E-state index contributed by atoms with van der Waals surface area (Å²) in [7, 11) is 0. The van der Waals surface area contributed by atoms with Gasteiger partial charge in [-0.25, -0.2) is 0 Å². The van der Waals surface area contributed by atoms with Crippen LogP contribution in [0.15, 0.2) is 48.6 Å². The molecule has 0 saturated carbocycles. The summed E-state index contributed by atoms with van der Waals surface area (Å²) in [6.07, 6.45) is 9.77. The van der Waals surface area contributed by atoms with Crippen molar-refractivity contribution in [2.45, 2.75) is 25.5 Å². The van der Waals surface area contributed by atoms with Gasteiger partial charge >= 0.3 is 0 Å². The van der Waals surface area contributed by atoms with E-state index in [2.05, 4.69) is 29.6 Å². The lowest BCUT2D eigenvalue weighted by Gasteiger charge is -2.24. The first kappa shape index (κ1) is 14.7. The Labute approximate surface area is 120 Å². The molecule has 3 nitrogen and oxygen atoms in total. The van der Waals surface area contributed by atoms with Gasteiger partial charge in [0.05, 0.1) is 12.1 Å². The van der Waals surface area contributed by atoms with E-state index in [0.717, 1.165) is 24.8 Å². The van der Waals surface area contributed by atoms with Gasteiger partial charge in [-0.2, -0.15) is 0 Å². The molecule has 1 aliphatic rings. The van der Waals surface area contributed by atoms with E-state index in [-0.39, 0.29) is 6.04 Å². The molecule has 0 spiro atoms. The Morgan fingerprint density at radius 3 is 2.95 bits per heavy atom. The summed E-state index contributed by atoms with van der Waals surface area (Å²) in [5, 5.41) is 13.4. The van der Waals surface area contributed by atoms with E-state index in [1.165, 1.54) is 0 Å². The van der Waals surface area contributed by atoms with E-state index in [9.17, 15) is 9.90 Å². The molecule has 2 rings (SSSR count). The average Bonchev–Trinajstić information content (AvgIpc) is 2.48. The highest BCUT2D eigenvalue weighted by atomic mass is 16.3. The minimum atomic E-state index is -0.514. The van der Waals surface area contributed by atoms with Crippen LogP contribution in [0.3, 0.4) is 0 Å². The second-order valence-electron chi connectivity index (χ2n) is 5.22. The van der Waals surface area contributed by atoms with Crippen LogP contribution in [0.4, 0.5) is 0 Å². The van der Waals surface area contributed by atoms with Crippen molar-refractivity contribution in [1.29, 1.82) is 0 Å². The van der Waals surface area contributed by atoms with E-state index >= 15 is 0 Å². The van der Waals surface area contributed by atoms with Gasteiger partial charge in [0.2, 0.25) is 0 Å². The van der Waals surface area contributed by atoms with Crippen molar-refractivity contribution in [3.05, 3.63) is 59.7 Å². The number of carbonyl (C=O) groups excluding carboxylic acids is 1. The molecule has 0 heterocycles. The van der Waals surface area contributed by atoms with E-state index in [4.69, 9.17) is 0 Å². The van der Waals surface area contributed by atoms with Gasteiger partial charge in [-0.15, -0.1) is 0 Å². The number of nitrogens with one attached hydrogen (secondary N) is 1. The normalized spacial score (nSPS) is 20.6. The van der Waals surface area contributed by atoms with Crippen LogP contribution >= 0.6 is 0 Å². The third kappa shape index (κ3) is 3.89. The number of hydrogen-bond acceptors (Lipinski definition) is 3. The van der Waals surface area contributed by atoms with Crippen molar-refractivity contribution >= 4 is 6.29 Å². The first-order valence-electron chi connectivity index (χ1n) is 7.00. The lowest BCUT2D eigenvalue weighted by atomic mass is 9.97. The second kappa shape index (κ2) is 7.17. The van der Waals surface area contributed by atoms with Crippen molar-refractivity contribution in [3.8, 4) is 0 Å². The van der Waals surface area contributed by atoms with E-state index in [1.807, 2.05) is 18.2 Å². The molecular formula is C17H21NO2. The third-order valence-electron chi connectivity index (χ3n) is 3.56. The molecule has 0 saturated heterocycles. The van der Waals surface area contributed by atoms with Crippen molar-refractivity contribution in [1.82, 2.24) is 5.32 Å². The van der Waals surface area contributed by atoms with Crippen LogP contribution in [0.1, 0.15) is 35.3 Å². The standard InChI is InChI=1S/C17H21NO2/c1-13(20)17(16-9-5-8-15(10-16)12-19)18-11-14-6-3-2-4-7-14/h2-6,8-10,12-14,17-18,20H,7,11H2,1H3. The molecule has 1 aliphatic carbocycles. The number of allylic oxidation sites excluding steroid dienone is 3. The molecule has 0 fully saturated rings. The quantitative estimate of drug-likeness (QED) is 0.782. The van der Waals surface area contributed by atoms with Crippen LogP contribution in [0.25, 0.3) is 0 Å². The number of hydrogen-bond donors (Lipinski definition) is 2. The summed E-state index contributed by atoms with van der Waals surface area (Å²) in [6.45, 7) is 2.57. The molecule has 106 valence electrons. The highest BCUT2D eigenvalue weighted by Gasteiger charge is 2.18. The maximum Gasteiger partial charge on any atom is 0.150 e. The zero-order chi connectivity index (χ0) is 14.4. The molecule has 20 heavy (non-hydrogen) atoms. The lowest BCUT2D eigenvalue weighted by molar-refractivity contribution is 0.112. The van der Waals surface area contributed by atoms with E-state index in [0.29, 0.717) is 11.5 Å². The topological polar surface area (TPSA) is 49.3 Å². The molecule has 1 aromatic rings. The van der Waals surface area contributed by atoms with Crippen LogP contribution < -0.4 is 5.32 Å². The van der Waals surface area contributed by atoms with E-state index < -0.39 is 6.10 Å². The smallest absolute Gasteiger partial charge is 0.150 e. The Morgan fingerprint density at radius 1 is 1.45 bits per heavy atom. The minimum absolute atomic E-state index is 0.158. The molecule has 2 N–H and O–H groups in total. The zero-order valence-corrected chi connectivity index (χ0v) is 11.7. The van der Waals surface area contributed by atoms with Gasteiger partial charge in [0.1, 0.15) is 6.29 Å². The van der Waals surface area contributed by atoms with Crippen LogP contribution in [0.2, 0.25) is 0 Å². The summed E-state index contributed by atoms with van der Waals surface area (Å²) < 4.78 is 0. The van der Waals surface area contributed by atoms with Crippen LogP contribution in [0.5, 0.6) is 0 Å². The van der Waals surface area contributed by atoms with Crippen molar-refractivity contribution < 1.29 is 9.90 Å². The average molecular weight is 271 g/mol. The van der Waals surface area contributed by atoms with Crippen molar-refractivity contribution in [2.75, 3.05) is 6.54 Å². The molecule has 0 bridgehead atoms. The Morgan fingerprint density at radius 2 is 2.30 bits per heavy atom. The van der Waals surface area contributed by atoms with Gasteiger partial charge in [0, 0.05) is 12.1 Å². The SMILES string of the molecule is CC(O)C(NCC1C=CC=CC1)c1cccc(C=O)c1. The Balaban J connectivity index is 2.04. The fraction of sp³-hybridized carbons (Fsp3) is 0.353. The molecule has 3 heteroatoms. The van der Waals surface area contributed by atoms with Crippen LogP contribution in [-0.2, 0) is 0 Å². The Bertz CT molecular complexity index is 505. The fourth-order valence-electron chi connectivity index (χ4n) is 2.45. The molecule has 3 unspecified atom stereocenters. The number of carbonyl (C=O) groups is 1. The van der Waals surface area contributed by atoms with Gasteiger partial charge in [-0.1, -0.05) is 42.5 Å². The predicted molar refractivity (Wildman–Crippen MR) is 80.6 cm³/mol. The Kier molecular flexibility index (Phi) is 5.27. The summed E-state index contributed by atoms with van der Waals surface area (Å²) in [4.78, 5) is 10.9. The fourth-order valence-corrected chi connectivity index (χ4v) is 2.45. The molecule has 0 radical (unpaired) electrons. The van der Waals surface area contributed by atoms with Gasteiger partial charge in [0.15, 0.2) is 0 Å². The summed E-state index contributed by atoms with van der Waals surface area (Å²) in [5.41, 5.74) is 1.58. The maximum absolute atomic E-state index is 10.9. The number of aldehydes is 1. The van der Waals surface area contributed by atoms with Crippen molar-refractivity contribution in [3.63, 3.8) is 0 Å².